The van der Waals surface area contributed by atoms with E-state index in [1.807, 2.05) is 0 Å². The molecule has 0 saturated heterocycles. The van der Waals surface area contributed by atoms with E-state index in [0.717, 1.165) is 0 Å². The van der Waals surface area contributed by atoms with Gasteiger partial charge < -0.3 is 0 Å². The van der Waals surface area contributed by atoms with Crippen molar-refractivity contribution in [3.05, 3.63) is 1.93 Å². The van der Waals surface area contributed by atoms with Gasteiger partial charge in [0.1, 0.15) is 7.08 Å². The smallest absolute Gasteiger partial charge is 0.0700 e. The molecule has 0 atom stereocenters. The monoisotopic (exact) mass is 1720 g/mol. The molecule has 0 fully saturated rings. The van der Waals surface area contributed by atoms with Crippen LogP contribution in [0.2, 0.25) is 0 Å². The fraction of sp³-hybridized carbons (Fsp3) is 0.833. The molecule has 0 N–H and O–H groups in total. The molecule has 0 unspecified atom stereocenters. The van der Waals surface area contributed by atoms with Crippen LogP contribution in [0.4, 0.5) is 0 Å². The van der Waals surface area contributed by atoms with Crippen molar-refractivity contribution in [2.75, 3.05) is 0 Å². The predicted octanol–water partition coefficient (Wildman–Crippen LogP) is 10.6. The molecule has 0 aromatic heterocycles. The van der Waals surface area contributed by atoms with Crippen LogP contribution in [-0.2, 0) is 0 Å². The summed E-state index contributed by atoms with van der Waals surface area (Å²) in [7, 11) is 0. The molecule has 0 aliphatic heterocycles. The molecule has 19 heavy (non-hydrogen) atoms. The Morgan fingerprint density at radius 2 is 0.789 bits per heavy atom. The Balaban J connectivity index is 6.22. The van der Waals surface area contributed by atoms with Gasteiger partial charge in [-0.25, -0.2) is 0 Å². The summed E-state index contributed by atoms with van der Waals surface area (Å²) in [4.78, 5) is 0. The first-order valence-corrected chi connectivity index (χ1v) is 17.7. The molecule has 0 nitrogen and oxygen atoms in total. The number of alkyl halides is 11. The lowest BCUT2D eigenvalue weighted by Crippen LogP contribution is -2.63. The van der Waals surface area contributed by atoms with E-state index in [-0.39, 0.29) is 5.15 Å². The second kappa shape index (κ2) is 10.7. The topological polar surface area (TPSA) is 0 Å². The number of hydrogen-bond acceptors (Lipinski definition) is 0. The maximum Gasteiger partial charge on any atom is 0.143 e. The molecule has 0 aromatic rings. The van der Waals surface area contributed by atoms with Gasteiger partial charge in [0.15, 0.2) is 0 Å². The highest BCUT2D eigenvalue weighted by atomic mass is 127. The van der Waals surface area contributed by atoms with Gasteiger partial charge in [-0.15, -0.1) is 0 Å². The molecule has 0 aliphatic carbocycles. The maximum absolute atomic E-state index is 2.70. The maximum atomic E-state index is 2.70. The summed E-state index contributed by atoms with van der Waals surface area (Å²) in [5, 5.41) is 0. The van der Waals surface area contributed by atoms with Gasteiger partial charge in [0.05, 0.1) is 0 Å². The number of rotatable bonds is 5. The van der Waals surface area contributed by atoms with Crippen LogP contribution >= 0.6 is 294 Å². The van der Waals surface area contributed by atoms with Crippen molar-refractivity contribution in [2.45, 2.75) is 5.15 Å². The highest BCUT2D eigenvalue weighted by Crippen LogP contribution is 2.76. The zero-order valence-corrected chi connectivity index (χ0v) is 36.0. The molecule has 0 saturated carbocycles. The van der Waals surface area contributed by atoms with Gasteiger partial charge in [0.25, 0.3) is 0 Å². The Labute approximate surface area is 291 Å². The number of hydrogen-bond donors (Lipinski definition) is 0. The first kappa shape index (κ1) is 28.5. The lowest BCUT2D eigenvalue weighted by molar-refractivity contribution is 0.706. The summed E-state index contributed by atoms with van der Waals surface area (Å²) in [5.74, 6) is 0. The second-order valence-electron chi connectivity index (χ2n) is 3.06. The van der Waals surface area contributed by atoms with Crippen molar-refractivity contribution in [1.29, 1.82) is 0 Å². The largest absolute Gasteiger partial charge is 0.143 e. The van der Waals surface area contributed by atoms with E-state index in [1.54, 1.807) is 0 Å². The van der Waals surface area contributed by atoms with Gasteiger partial charge in [-0.1, -0.05) is 294 Å². The van der Waals surface area contributed by atoms with E-state index in [4.69, 9.17) is 0 Å². The Hall–Kier alpha value is 9.49. The molecule has 0 spiro atoms. The van der Waals surface area contributed by atoms with Gasteiger partial charge in [-0.2, -0.15) is 0 Å². The summed E-state index contributed by atoms with van der Waals surface area (Å²) in [5.41, 5.74) is 0. The van der Waals surface area contributed by atoms with Crippen molar-refractivity contribution < 1.29 is 0 Å². The summed E-state index contributed by atoms with van der Waals surface area (Å²) >= 11 is 33.7. The van der Waals surface area contributed by atoms with Crippen molar-refractivity contribution >= 4 is 294 Å². The Bertz CT molecular complexity index is 305. The first-order valence-electron chi connectivity index (χ1n) is 3.71. The standard InChI is InChI=1S/C6I13/c7-1(8)2(9,10)4(12,13)3(11,5(14,15)16)6(17,18)19. The van der Waals surface area contributed by atoms with Gasteiger partial charge in [0, 0.05) is 0 Å². The minimum absolute atomic E-state index is 0.0437. The lowest BCUT2D eigenvalue weighted by atomic mass is 10.1. The summed E-state index contributed by atoms with van der Waals surface area (Å²) < 4.78 is 1.75. The average Bonchev–Trinajstić information content (AvgIpc) is 2.11. The third-order valence-corrected chi connectivity index (χ3v) is 33.2. The highest BCUT2D eigenvalue weighted by molar-refractivity contribution is 14.3. The van der Waals surface area contributed by atoms with Crippen molar-refractivity contribution in [3.63, 3.8) is 0 Å². The van der Waals surface area contributed by atoms with E-state index in [1.165, 1.54) is 1.93 Å². The average molecular weight is 1720 g/mol. The van der Waals surface area contributed by atoms with E-state index in [0.29, 0.717) is 0 Å². The normalized spacial score (nSPS) is 16.1. The fourth-order valence-electron chi connectivity index (χ4n) is 0.852. The van der Waals surface area contributed by atoms with Gasteiger partial charge >= 0.3 is 0 Å². The van der Waals surface area contributed by atoms with Crippen LogP contribution in [-0.4, -0.2) is 5.15 Å². The molecule has 0 bridgehead atoms. The molecule has 0 aliphatic rings. The van der Waals surface area contributed by atoms with Crippen LogP contribution in [0, 0.1) is 1.93 Å². The highest BCUT2D eigenvalue weighted by Gasteiger charge is 2.72. The summed E-state index contributed by atoms with van der Waals surface area (Å²) in [6, 6.07) is 0. The quantitative estimate of drug-likeness (QED) is 0.190. The van der Waals surface area contributed by atoms with E-state index < -0.39 is 0 Å². The molecule has 0 aromatic carbocycles. The zero-order chi connectivity index (χ0) is 16.1. The first-order chi connectivity index (χ1) is 7.94. The third-order valence-electron chi connectivity index (χ3n) is 1.85. The predicted molar refractivity (Wildman–Crippen MR) is 199 cm³/mol. The molecular formula is C6I13. The Morgan fingerprint density at radius 1 is 0.526 bits per heavy atom. The van der Waals surface area contributed by atoms with Gasteiger partial charge in [-0.3, -0.25) is 0 Å². The van der Waals surface area contributed by atoms with E-state index >= 15 is 0 Å². The van der Waals surface area contributed by atoms with E-state index in [9.17, 15) is 0 Å². The fourth-order valence-corrected chi connectivity index (χ4v) is 23.8. The molecule has 13 heteroatoms. The van der Waals surface area contributed by atoms with E-state index in [2.05, 4.69) is 294 Å². The lowest BCUT2D eigenvalue weighted by Gasteiger charge is -2.54. The SMILES string of the molecule is I[C](I)C(I)(I)C(I)(I)C(I)(C(I)(I)I)C(I)(I)I. The minimum atomic E-state index is 0.0437. The van der Waals surface area contributed by atoms with Crippen LogP contribution < -0.4 is 0 Å². The van der Waals surface area contributed by atoms with Crippen LogP contribution in [0.5, 0.6) is 0 Å². The number of halogens is 13. The Morgan fingerprint density at radius 3 is 0.947 bits per heavy atom. The molecule has 0 heterocycles. The molecule has 0 amide bonds. The van der Waals surface area contributed by atoms with Crippen LogP contribution in [0.15, 0.2) is 0 Å². The summed E-state index contributed by atoms with van der Waals surface area (Å²) in [6.45, 7) is 0. The minimum Gasteiger partial charge on any atom is -0.0700 e. The zero-order valence-electron chi connectivity index (χ0n) is 7.91. The van der Waals surface area contributed by atoms with Crippen LogP contribution in [0.3, 0.4) is 0 Å². The molecule has 0 rings (SSSR count). The summed E-state index contributed by atoms with van der Waals surface area (Å²) in [6.07, 6.45) is 0. The molecular weight excluding hydrogens is 1720 g/mol. The van der Waals surface area contributed by atoms with Crippen molar-refractivity contribution in [2.24, 2.45) is 0 Å². The molecule has 1 radical (unpaired) electrons. The van der Waals surface area contributed by atoms with Gasteiger partial charge in [-0.05, 0) is 0 Å². The van der Waals surface area contributed by atoms with Crippen molar-refractivity contribution in [1.82, 2.24) is 0 Å². The van der Waals surface area contributed by atoms with Crippen LogP contribution in [0.1, 0.15) is 0 Å². The van der Waals surface area contributed by atoms with Gasteiger partial charge in [0.2, 0.25) is 0 Å². The molecule has 115 valence electrons. The third kappa shape index (κ3) is 6.74. The second-order valence-corrected chi connectivity index (χ2v) is 41.6. The van der Waals surface area contributed by atoms with Crippen molar-refractivity contribution in [3.8, 4) is 0 Å². The Kier molecular flexibility index (Phi) is 16.0. The van der Waals surface area contributed by atoms with Crippen LogP contribution in [0.25, 0.3) is 0 Å².